The number of aliphatic hydroxyl groups excluding tert-OH is 1. The molecule has 21 rings (SSSR count). The predicted molar refractivity (Wildman–Crippen MR) is 532 cm³/mol. The first-order valence-electron chi connectivity index (χ1n) is 45.8. The fourth-order valence-corrected chi connectivity index (χ4v) is 16.9. The Morgan fingerprint density at radius 3 is 1.13 bits per heavy atom. The summed E-state index contributed by atoms with van der Waals surface area (Å²) in [6, 6.07) is 51.5. The van der Waals surface area contributed by atoms with E-state index >= 15 is 0 Å². The number of hydrogen-bond donors (Lipinski definition) is 2. The fourth-order valence-electron chi connectivity index (χ4n) is 16.9. The quantitative estimate of drug-likeness (QED) is 0.0361. The van der Waals surface area contributed by atoms with Gasteiger partial charge in [0.2, 0.25) is 5.89 Å². The minimum absolute atomic E-state index is 0.00339. The van der Waals surface area contributed by atoms with Crippen LogP contribution in [0.4, 0.5) is 51.5 Å². The third-order valence-electron chi connectivity index (χ3n) is 24.7. The smallest absolute Gasteiger partial charge is 0.312 e. The third kappa shape index (κ3) is 22.0. The molecule has 3 N–H and O–H groups in total. The molecule has 3 saturated carbocycles. The molecule has 2 atom stereocenters. The van der Waals surface area contributed by atoms with E-state index in [0.29, 0.717) is 78.0 Å². The van der Waals surface area contributed by atoms with Gasteiger partial charge in [0, 0.05) is 206 Å². The Labute approximate surface area is 806 Å². The van der Waals surface area contributed by atoms with Crippen LogP contribution in [0.5, 0.6) is 46.0 Å². The molecular weight excluding hydrogens is 1780 g/mol. The first-order chi connectivity index (χ1) is 68.2. The van der Waals surface area contributed by atoms with Gasteiger partial charge >= 0.3 is 12.0 Å². The lowest BCUT2D eigenvalue weighted by molar-refractivity contribution is -0.145. The SMILES string of the molecule is CCOC(=O)[C@@H]1C[C@H]1CN(c1cc(OC)cc(OC)c1)c1ccc2ncc(-c3cnn(C)c3)nc2c1.COc1cc(OC)cc(N(CC2CC2)c2ccc3ncc(-c4cnn(C5CC(CCO)C5)c4)nc3c2)c1.COc1cc(OC)cc(N(Cc2ccco2)c2ccc3ncc(-c4cnn(C)c4)nc3c2)c1.COc1cc(OC)cc(N(Cc2nnc(N)o2)c2ccc3ncc(-c4cnn(C)c4)nc3c2)c1. The Morgan fingerprint density at radius 2 is 0.786 bits per heavy atom. The van der Waals surface area contributed by atoms with Gasteiger partial charge in [-0.1, -0.05) is 5.10 Å². The number of nitrogen functional groups attached to an aromatic ring is 1. The largest absolute Gasteiger partial charge is 0.497 e. The highest BCUT2D eigenvalue weighted by Gasteiger charge is 2.45. The first kappa shape index (κ1) is 93.6. The van der Waals surface area contributed by atoms with Gasteiger partial charge in [0.15, 0.2) is 0 Å². The molecule has 8 aromatic carbocycles. The number of anilines is 9. The Bertz CT molecular complexity index is 7290. The standard InChI is InChI=1S/C29H33N5O3.C27H29N5O4.C25H23N5O3.C23H22N8O3/c1-36-25-11-23(12-26(14-25)37-2)33(17-19-3-4-19)22-5-6-27-28(13-22)32-29(16-30-27)21-15-31-34(18-21)24-9-20(10-24)7-8-35;1-5-36-27(33)23-8-17(23)16-32(20-9-21(34-3)12-22(10-20)35-4)19-6-7-24-25(11-19)30-26(14-28-24)18-13-29-31(2)15-18;1-29-15-17(13-27-29)25-14-26-23-7-6-18(11-24(23)28-25)30(16-20-5-4-8-33-20)19-9-21(31-2)12-22(10-19)32-3;1-30-12-14(10-26-30)21-11-25-19-5-4-15(8-20(19)27-21)31(13-22-28-29-23(24)34-22)16-6-17(32-2)9-18(7-16)33-3/h5-6,11-16,18-20,24,35H,3-4,7-10,17H2,1-2H3;6-7,9-15,17,23H,5,8,16H2,1-4H3;4-15H,16H2,1-3H3;4-12H,13H2,1-3H3,(H2,24,29)/t;17-,23+;;/m.0../s1. The minimum Gasteiger partial charge on any atom is -0.497 e. The summed E-state index contributed by atoms with van der Waals surface area (Å²) in [5, 5.41) is 34.3. The zero-order valence-electron chi connectivity index (χ0n) is 79.7. The third-order valence-corrected chi connectivity index (χ3v) is 24.7. The number of aliphatic hydroxyl groups is 1. The number of aromatic nitrogens is 18. The van der Waals surface area contributed by atoms with Crippen LogP contribution >= 0.6 is 0 Å². The van der Waals surface area contributed by atoms with Crippen molar-refractivity contribution in [2.75, 3.05) is 109 Å². The van der Waals surface area contributed by atoms with Crippen LogP contribution in [0.2, 0.25) is 0 Å². The normalized spacial score (nSPS) is 14.6. The number of hydrogen-bond acceptors (Lipinski definition) is 32. The monoisotopic (exact) mass is 1890 g/mol. The molecule has 0 saturated heterocycles. The molecule has 0 amide bonds. The summed E-state index contributed by atoms with van der Waals surface area (Å²) < 4.78 is 67.7. The average Bonchev–Trinajstić information content (AvgIpc) is 1.64. The average molecular weight is 1890 g/mol. The predicted octanol–water partition coefficient (Wildman–Crippen LogP) is 18.1. The summed E-state index contributed by atoms with van der Waals surface area (Å²) in [7, 11) is 18.7. The topological polar surface area (TPSA) is 386 Å². The number of ether oxygens (including phenoxy) is 9. The van der Waals surface area contributed by atoms with Crippen molar-refractivity contribution < 1.29 is 61.4 Å². The molecule has 0 unspecified atom stereocenters. The summed E-state index contributed by atoms with van der Waals surface area (Å²) in [6.07, 6.45) is 30.1. The number of methoxy groups -OCH3 is 8. The van der Waals surface area contributed by atoms with Gasteiger partial charge in [0.1, 0.15) is 58.3 Å². The maximum Gasteiger partial charge on any atom is 0.312 e. The summed E-state index contributed by atoms with van der Waals surface area (Å²) in [6.45, 7) is 4.84. The lowest BCUT2D eigenvalue weighted by Gasteiger charge is -2.35. The number of nitrogens with two attached hydrogens (primary N) is 1. The Morgan fingerprint density at radius 1 is 0.414 bits per heavy atom. The molecule has 3 aliphatic carbocycles. The van der Waals surface area contributed by atoms with E-state index in [0.717, 1.165) is 184 Å². The van der Waals surface area contributed by atoms with Crippen molar-refractivity contribution in [1.82, 2.24) is 89.2 Å². The van der Waals surface area contributed by atoms with Gasteiger partial charge in [-0.2, -0.15) is 20.4 Å². The van der Waals surface area contributed by atoms with E-state index in [4.69, 9.17) is 87.2 Å². The minimum atomic E-state index is -0.129. The van der Waals surface area contributed by atoms with Crippen molar-refractivity contribution >= 4 is 102 Å². The van der Waals surface area contributed by atoms with Crippen molar-refractivity contribution in [2.24, 2.45) is 44.8 Å². The summed E-state index contributed by atoms with van der Waals surface area (Å²) >= 11 is 0. The molecule has 3 aliphatic rings. The summed E-state index contributed by atoms with van der Waals surface area (Å²) in [5.41, 5.74) is 26.2. The van der Waals surface area contributed by atoms with Crippen molar-refractivity contribution in [2.45, 2.75) is 64.6 Å². The zero-order valence-corrected chi connectivity index (χ0v) is 79.7. The number of furan rings is 1. The van der Waals surface area contributed by atoms with Crippen LogP contribution in [0.25, 0.3) is 89.2 Å². The fraction of sp³-hybridized carbons (Fsp3) is 0.279. The van der Waals surface area contributed by atoms with Crippen molar-refractivity contribution in [1.29, 1.82) is 0 Å². The Kier molecular flexibility index (Phi) is 28.2. The molecule has 3 fully saturated rings. The van der Waals surface area contributed by atoms with Gasteiger partial charge in [-0.05, 0) is 148 Å². The number of benzene rings is 8. The second-order valence-corrected chi connectivity index (χ2v) is 34.2. The molecule has 36 heteroatoms. The van der Waals surface area contributed by atoms with E-state index in [9.17, 15) is 4.79 Å². The number of carbonyl (C=O) groups is 1. The maximum atomic E-state index is 12.3. The summed E-state index contributed by atoms with van der Waals surface area (Å²) in [5.74, 6) is 8.03. The van der Waals surface area contributed by atoms with Crippen LogP contribution in [0.15, 0.2) is 247 Å². The first-order valence-corrected chi connectivity index (χ1v) is 45.8. The van der Waals surface area contributed by atoms with E-state index in [1.807, 2.05) is 196 Å². The van der Waals surface area contributed by atoms with Gasteiger partial charge in [-0.15, -0.1) is 5.10 Å². The molecule has 10 heterocycles. The molecule has 0 spiro atoms. The number of aryl methyl sites for hydroxylation is 3. The second-order valence-electron chi connectivity index (χ2n) is 34.2. The number of rotatable bonds is 33. The maximum absolute atomic E-state index is 12.3. The second kappa shape index (κ2) is 42.2. The van der Waals surface area contributed by atoms with Crippen LogP contribution in [0, 0.1) is 23.7 Å². The molecule has 716 valence electrons. The molecule has 0 aliphatic heterocycles. The molecule has 0 bridgehead atoms. The van der Waals surface area contributed by atoms with Crippen LogP contribution in [0.1, 0.15) is 63.1 Å². The molecule has 18 aromatic rings. The molecule has 36 nitrogen and oxygen atoms in total. The molecule has 0 radical (unpaired) electrons. The van der Waals surface area contributed by atoms with E-state index < -0.39 is 0 Å². The molecule has 140 heavy (non-hydrogen) atoms. The number of nitrogens with zero attached hydrogens (tertiary/aromatic N) is 22. The van der Waals surface area contributed by atoms with Gasteiger partial charge in [-0.3, -0.25) is 43.5 Å². The highest BCUT2D eigenvalue weighted by Crippen LogP contribution is 2.47. The zero-order chi connectivity index (χ0) is 97.0. The van der Waals surface area contributed by atoms with Gasteiger partial charge in [0.05, 0.1) is 205 Å². The van der Waals surface area contributed by atoms with E-state index in [1.165, 1.54) is 12.8 Å². The van der Waals surface area contributed by atoms with Crippen LogP contribution < -0.4 is 63.2 Å². The lowest BCUT2D eigenvalue weighted by Crippen LogP contribution is -2.27. The highest BCUT2D eigenvalue weighted by atomic mass is 16.5. The van der Waals surface area contributed by atoms with E-state index in [2.05, 4.69) is 90.7 Å². The Hall–Kier alpha value is -16.8. The lowest BCUT2D eigenvalue weighted by atomic mass is 9.78. The van der Waals surface area contributed by atoms with Crippen LogP contribution in [-0.2, 0) is 43.8 Å². The molecular formula is C104H107N23O13. The van der Waals surface area contributed by atoms with Crippen molar-refractivity contribution in [3.05, 3.63) is 250 Å². The molecule has 10 aromatic heterocycles. The van der Waals surface area contributed by atoms with Crippen molar-refractivity contribution in [3.63, 3.8) is 0 Å². The number of carbonyl (C=O) groups excluding carboxylic acids is 1. The van der Waals surface area contributed by atoms with Gasteiger partial charge < -0.3 is 81.9 Å². The summed E-state index contributed by atoms with van der Waals surface area (Å²) in [4.78, 5) is 58.9. The number of fused-ring (bicyclic) bond motifs is 4. The Balaban J connectivity index is 0.000000124. The van der Waals surface area contributed by atoms with Crippen LogP contribution in [-0.4, -0.2) is 183 Å². The van der Waals surface area contributed by atoms with E-state index in [1.54, 1.807) is 120 Å². The van der Waals surface area contributed by atoms with Gasteiger partial charge in [-0.25, -0.2) is 19.9 Å². The number of esters is 1. The van der Waals surface area contributed by atoms with E-state index in [-0.39, 0.29) is 37.0 Å². The van der Waals surface area contributed by atoms with Crippen LogP contribution in [0.3, 0.4) is 0 Å². The van der Waals surface area contributed by atoms with Gasteiger partial charge in [0.25, 0.3) is 0 Å². The highest BCUT2D eigenvalue weighted by molar-refractivity contribution is 5.88. The van der Waals surface area contributed by atoms with Crippen molar-refractivity contribution in [3.8, 4) is 91.0 Å².